The zero-order valence-electron chi connectivity index (χ0n) is 10.9. The lowest BCUT2D eigenvalue weighted by molar-refractivity contribution is -0.119. The second kappa shape index (κ2) is 5.30. The van der Waals surface area contributed by atoms with Gasteiger partial charge in [-0.2, -0.15) is 0 Å². The summed E-state index contributed by atoms with van der Waals surface area (Å²) in [7, 11) is 1.61. The van der Waals surface area contributed by atoms with Crippen LogP contribution < -0.4 is 10.6 Å². The number of nitrogen functional groups attached to an aromatic ring is 1. The normalized spacial score (nSPS) is 14.8. The summed E-state index contributed by atoms with van der Waals surface area (Å²) >= 11 is 0. The number of nitrogens with zero attached hydrogens (tertiary/aromatic N) is 1. The molecule has 1 fully saturated rings. The number of hydrogen-bond acceptors (Lipinski definition) is 3. The van der Waals surface area contributed by atoms with Gasteiger partial charge in [-0.15, -0.1) is 0 Å². The van der Waals surface area contributed by atoms with E-state index in [2.05, 4.69) is 0 Å². The van der Waals surface area contributed by atoms with Gasteiger partial charge in [0, 0.05) is 19.2 Å². The minimum atomic E-state index is -1.08. The molecule has 1 aliphatic rings. The Hall–Kier alpha value is -2.04. The zero-order valence-corrected chi connectivity index (χ0v) is 10.9. The fourth-order valence-electron chi connectivity index (χ4n) is 2.23. The molecule has 1 aliphatic carbocycles. The van der Waals surface area contributed by atoms with Crippen molar-refractivity contribution in [3.8, 4) is 0 Å². The SMILES string of the molecule is CN(C(=O)CC1CCC1)c1ccc(N)cc1C(=O)O. The first kappa shape index (κ1) is 13.4. The van der Waals surface area contributed by atoms with Gasteiger partial charge in [0.25, 0.3) is 0 Å². The Balaban J connectivity index is 2.19. The number of carboxylic acid groups (broad SMARTS) is 1. The van der Waals surface area contributed by atoms with Crippen molar-refractivity contribution in [1.82, 2.24) is 0 Å². The summed E-state index contributed by atoms with van der Waals surface area (Å²) < 4.78 is 0. The van der Waals surface area contributed by atoms with E-state index in [1.165, 1.54) is 17.4 Å². The number of amides is 1. The highest BCUT2D eigenvalue weighted by Gasteiger charge is 2.24. The zero-order chi connectivity index (χ0) is 14.0. The summed E-state index contributed by atoms with van der Waals surface area (Å²) in [6.07, 6.45) is 3.85. The van der Waals surface area contributed by atoms with Gasteiger partial charge in [0.05, 0.1) is 11.3 Å². The van der Waals surface area contributed by atoms with E-state index in [-0.39, 0.29) is 11.5 Å². The second-order valence-electron chi connectivity index (χ2n) is 5.04. The largest absolute Gasteiger partial charge is 0.478 e. The van der Waals surface area contributed by atoms with Gasteiger partial charge >= 0.3 is 5.97 Å². The molecule has 0 aliphatic heterocycles. The van der Waals surface area contributed by atoms with Crippen LogP contribution in [-0.2, 0) is 4.79 Å². The van der Waals surface area contributed by atoms with Gasteiger partial charge < -0.3 is 15.7 Å². The molecule has 0 aromatic heterocycles. The van der Waals surface area contributed by atoms with Gasteiger partial charge in [-0.3, -0.25) is 4.79 Å². The molecule has 3 N–H and O–H groups in total. The van der Waals surface area contributed by atoms with Gasteiger partial charge in [-0.05, 0) is 37.0 Å². The molecule has 19 heavy (non-hydrogen) atoms. The molecule has 5 nitrogen and oxygen atoms in total. The van der Waals surface area contributed by atoms with Crippen molar-refractivity contribution in [3.05, 3.63) is 23.8 Å². The number of rotatable bonds is 4. The average Bonchev–Trinajstić information content (AvgIpc) is 2.32. The van der Waals surface area contributed by atoms with Crippen molar-refractivity contribution < 1.29 is 14.7 Å². The number of hydrogen-bond donors (Lipinski definition) is 2. The third-order valence-electron chi connectivity index (χ3n) is 3.67. The van der Waals surface area contributed by atoms with Crippen LogP contribution in [0.1, 0.15) is 36.0 Å². The Morgan fingerprint density at radius 1 is 1.42 bits per heavy atom. The van der Waals surface area contributed by atoms with Crippen molar-refractivity contribution in [2.75, 3.05) is 17.7 Å². The van der Waals surface area contributed by atoms with Crippen molar-refractivity contribution >= 4 is 23.3 Å². The quantitative estimate of drug-likeness (QED) is 0.814. The highest BCUT2D eigenvalue weighted by Crippen LogP contribution is 2.31. The second-order valence-corrected chi connectivity index (χ2v) is 5.04. The minimum Gasteiger partial charge on any atom is -0.478 e. The molecule has 0 saturated heterocycles. The number of anilines is 2. The number of benzene rings is 1. The number of carboxylic acids is 1. The standard InChI is InChI=1S/C14H18N2O3/c1-16(13(17)7-9-3-2-4-9)12-6-5-10(15)8-11(12)14(18)19/h5-6,8-9H,2-4,7,15H2,1H3,(H,18,19). The number of carbonyl (C=O) groups is 2. The van der Waals surface area contributed by atoms with Gasteiger partial charge in [0.1, 0.15) is 0 Å². The third kappa shape index (κ3) is 2.86. The van der Waals surface area contributed by atoms with E-state index in [1.54, 1.807) is 19.2 Å². The average molecular weight is 262 g/mol. The predicted octanol–water partition coefficient (Wildman–Crippen LogP) is 2.12. The lowest BCUT2D eigenvalue weighted by Gasteiger charge is -2.27. The summed E-state index contributed by atoms with van der Waals surface area (Å²) in [5, 5.41) is 9.17. The van der Waals surface area contributed by atoms with Crippen LogP contribution in [-0.4, -0.2) is 24.0 Å². The molecule has 0 radical (unpaired) electrons. The lowest BCUT2D eigenvalue weighted by atomic mass is 9.82. The van der Waals surface area contributed by atoms with E-state index in [9.17, 15) is 9.59 Å². The summed E-state index contributed by atoms with van der Waals surface area (Å²) in [5.74, 6) is -0.667. The molecule has 0 heterocycles. The molecule has 0 spiro atoms. The van der Waals surface area contributed by atoms with Crippen molar-refractivity contribution in [1.29, 1.82) is 0 Å². The van der Waals surface area contributed by atoms with Crippen molar-refractivity contribution in [2.45, 2.75) is 25.7 Å². The van der Waals surface area contributed by atoms with Crippen LogP contribution in [0.15, 0.2) is 18.2 Å². The van der Waals surface area contributed by atoms with Crippen LogP contribution in [0.3, 0.4) is 0 Å². The molecule has 2 rings (SSSR count). The van der Waals surface area contributed by atoms with Gasteiger partial charge in [-0.25, -0.2) is 4.79 Å². The van der Waals surface area contributed by atoms with Crippen LogP contribution >= 0.6 is 0 Å². The Bertz CT molecular complexity index is 509. The first-order valence-corrected chi connectivity index (χ1v) is 6.38. The molecule has 5 heteroatoms. The van der Waals surface area contributed by atoms with Gasteiger partial charge in [-0.1, -0.05) is 6.42 Å². The van der Waals surface area contributed by atoms with Crippen LogP contribution in [0.5, 0.6) is 0 Å². The summed E-state index contributed by atoms with van der Waals surface area (Å²) in [6, 6.07) is 4.57. The Kier molecular flexibility index (Phi) is 3.74. The molecule has 0 bridgehead atoms. The molecule has 1 aromatic carbocycles. The number of nitrogens with two attached hydrogens (primary N) is 1. The minimum absolute atomic E-state index is 0.0445. The van der Waals surface area contributed by atoms with Crippen molar-refractivity contribution in [2.24, 2.45) is 5.92 Å². The Morgan fingerprint density at radius 2 is 2.11 bits per heavy atom. The van der Waals surface area contributed by atoms with E-state index in [4.69, 9.17) is 10.8 Å². The van der Waals surface area contributed by atoms with Crippen LogP contribution in [0.4, 0.5) is 11.4 Å². The maximum absolute atomic E-state index is 12.1. The van der Waals surface area contributed by atoms with Crippen LogP contribution in [0, 0.1) is 5.92 Å². The Labute approximate surface area is 112 Å². The summed E-state index contributed by atoms with van der Waals surface area (Å²) in [6.45, 7) is 0. The van der Waals surface area contributed by atoms with E-state index >= 15 is 0 Å². The van der Waals surface area contributed by atoms with E-state index < -0.39 is 5.97 Å². The summed E-state index contributed by atoms with van der Waals surface area (Å²) in [4.78, 5) is 24.7. The number of aromatic carboxylic acids is 1. The fourth-order valence-corrected chi connectivity index (χ4v) is 2.23. The fraction of sp³-hybridized carbons (Fsp3) is 0.429. The lowest BCUT2D eigenvalue weighted by Crippen LogP contribution is -2.31. The van der Waals surface area contributed by atoms with Crippen LogP contribution in [0.25, 0.3) is 0 Å². The molecule has 102 valence electrons. The van der Waals surface area contributed by atoms with Gasteiger partial charge in [0.2, 0.25) is 5.91 Å². The maximum atomic E-state index is 12.1. The van der Waals surface area contributed by atoms with Crippen LogP contribution in [0.2, 0.25) is 0 Å². The first-order chi connectivity index (χ1) is 8.99. The molecule has 0 atom stereocenters. The van der Waals surface area contributed by atoms with Gasteiger partial charge in [0.15, 0.2) is 0 Å². The maximum Gasteiger partial charge on any atom is 0.337 e. The molecular formula is C14H18N2O3. The Morgan fingerprint density at radius 3 is 2.63 bits per heavy atom. The highest BCUT2D eigenvalue weighted by atomic mass is 16.4. The molecule has 1 amide bonds. The van der Waals surface area contributed by atoms with E-state index in [1.807, 2.05) is 0 Å². The summed E-state index contributed by atoms with van der Waals surface area (Å²) in [5.41, 5.74) is 6.42. The van der Waals surface area contributed by atoms with E-state index in [0.29, 0.717) is 23.7 Å². The first-order valence-electron chi connectivity index (χ1n) is 6.38. The monoisotopic (exact) mass is 262 g/mol. The number of carbonyl (C=O) groups excluding carboxylic acids is 1. The third-order valence-corrected chi connectivity index (χ3v) is 3.67. The molecule has 1 saturated carbocycles. The predicted molar refractivity (Wildman–Crippen MR) is 73.2 cm³/mol. The molecule has 0 unspecified atom stereocenters. The highest BCUT2D eigenvalue weighted by molar-refractivity contribution is 6.02. The molecule has 1 aromatic rings. The smallest absolute Gasteiger partial charge is 0.337 e. The molecular weight excluding hydrogens is 244 g/mol. The van der Waals surface area contributed by atoms with Crippen molar-refractivity contribution in [3.63, 3.8) is 0 Å². The topological polar surface area (TPSA) is 83.6 Å². The van der Waals surface area contributed by atoms with E-state index in [0.717, 1.165) is 12.8 Å².